The number of carbonyl (C=O) groups is 2. The van der Waals surface area contributed by atoms with Gasteiger partial charge in [-0.1, -0.05) is 49.8 Å². The molecule has 4 rings (SSSR count). The Morgan fingerprint density at radius 1 is 1.22 bits per heavy atom. The second kappa shape index (κ2) is 12.2. The van der Waals surface area contributed by atoms with Crippen LogP contribution in [0.25, 0.3) is 10.2 Å². The molecule has 0 aliphatic carbocycles. The van der Waals surface area contributed by atoms with Crippen LogP contribution in [0.15, 0.2) is 18.2 Å². The van der Waals surface area contributed by atoms with Crippen molar-refractivity contribution in [1.29, 1.82) is 0 Å². The number of aromatic amines is 1. The first-order valence-corrected chi connectivity index (χ1v) is 14.2. The number of rotatable bonds is 10. The average molecular weight is 547 g/mol. The van der Waals surface area contributed by atoms with E-state index >= 15 is 0 Å². The second-order valence-corrected chi connectivity index (χ2v) is 10.5. The van der Waals surface area contributed by atoms with Crippen molar-refractivity contribution in [3.8, 4) is 0 Å². The van der Waals surface area contributed by atoms with Crippen LogP contribution in [0.2, 0.25) is 5.15 Å². The molecule has 3 aromatic rings. The van der Waals surface area contributed by atoms with Crippen molar-refractivity contribution < 1.29 is 14.3 Å². The standard InChI is InChI=1S/C26H35ClN6O3S/c1-5-15(6-2)28-20-14-33(13-12-18(20)30-24(34)23-29-17(7-3)22(27)32-23)26-31-19-11-9-10-16(21(19)37-26)25(35)36-8-4/h9-11,15,18,20,28H,5-8,12-14H2,1-4H3,(H,29,32)(H,30,34)/t18-,20+/m1/s1. The summed E-state index contributed by atoms with van der Waals surface area (Å²) < 4.78 is 6.07. The lowest BCUT2D eigenvalue weighted by Crippen LogP contribution is -2.61. The summed E-state index contributed by atoms with van der Waals surface area (Å²) in [6.07, 6.45) is 3.40. The first-order chi connectivity index (χ1) is 17.9. The van der Waals surface area contributed by atoms with E-state index in [1.165, 1.54) is 11.3 Å². The average Bonchev–Trinajstić information content (AvgIpc) is 3.51. The van der Waals surface area contributed by atoms with Gasteiger partial charge in [-0.15, -0.1) is 0 Å². The van der Waals surface area contributed by atoms with E-state index in [2.05, 4.69) is 39.3 Å². The zero-order chi connectivity index (χ0) is 26.5. The Balaban J connectivity index is 1.55. The maximum absolute atomic E-state index is 13.0. The maximum atomic E-state index is 13.0. The molecule has 1 aliphatic heterocycles. The molecule has 1 fully saturated rings. The number of aryl methyl sites for hydroxylation is 1. The maximum Gasteiger partial charge on any atom is 0.339 e. The number of anilines is 1. The van der Waals surface area contributed by atoms with Crippen molar-refractivity contribution in [2.45, 2.75) is 71.5 Å². The molecule has 1 aromatic carbocycles. The first kappa shape index (κ1) is 27.3. The molecule has 3 heterocycles. The van der Waals surface area contributed by atoms with Gasteiger partial charge in [-0.2, -0.15) is 0 Å². The van der Waals surface area contributed by atoms with Crippen LogP contribution in [-0.2, 0) is 11.2 Å². The van der Waals surface area contributed by atoms with E-state index in [-0.39, 0.29) is 29.8 Å². The van der Waals surface area contributed by atoms with E-state index < -0.39 is 0 Å². The van der Waals surface area contributed by atoms with Gasteiger partial charge in [0.25, 0.3) is 5.91 Å². The van der Waals surface area contributed by atoms with Crippen LogP contribution in [0.3, 0.4) is 0 Å². The predicted octanol–water partition coefficient (Wildman–Crippen LogP) is 4.57. The van der Waals surface area contributed by atoms with E-state index in [1.807, 2.05) is 19.1 Å². The van der Waals surface area contributed by atoms with Crippen molar-refractivity contribution in [3.05, 3.63) is 40.4 Å². The minimum atomic E-state index is -0.331. The van der Waals surface area contributed by atoms with Gasteiger partial charge in [0.15, 0.2) is 16.1 Å². The van der Waals surface area contributed by atoms with Gasteiger partial charge in [-0.3, -0.25) is 4.79 Å². The highest BCUT2D eigenvalue weighted by Crippen LogP contribution is 2.33. The van der Waals surface area contributed by atoms with Crippen LogP contribution in [0, 0.1) is 0 Å². The summed E-state index contributed by atoms with van der Waals surface area (Å²) >= 11 is 7.66. The molecular weight excluding hydrogens is 512 g/mol. The number of thiazole rings is 1. The topological polar surface area (TPSA) is 112 Å². The summed E-state index contributed by atoms with van der Waals surface area (Å²) in [5.41, 5.74) is 2.08. The SMILES string of the molecule is CCOC(=O)c1cccc2nc(N3CC[C@@H](NC(=O)c4nc(Cl)c(CC)[nH]4)[C@@H](NC(CC)CC)C3)sc12. The van der Waals surface area contributed by atoms with Crippen molar-refractivity contribution >= 4 is 50.2 Å². The third-order valence-electron chi connectivity index (χ3n) is 6.83. The van der Waals surface area contributed by atoms with E-state index in [9.17, 15) is 9.59 Å². The molecule has 2 aromatic heterocycles. The highest BCUT2D eigenvalue weighted by molar-refractivity contribution is 7.22. The molecule has 9 nitrogen and oxygen atoms in total. The molecule has 1 saturated heterocycles. The Kier molecular flexibility index (Phi) is 9.04. The van der Waals surface area contributed by atoms with Crippen LogP contribution in [0.5, 0.6) is 0 Å². The number of amides is 1. The number of ether oxygens (including phenoxy) is 1. The Labute approximate surface area is 226 Å². The highest BCUT2D eigenvalue weighted by atomic mass is 35.5. The molecule has 1 aliphatic rings. The minimum Gasteiger partial charge on any atom is -0.462 e. The number of nitrogens with one attached hydrogen (secondary N) is 3. The zero-order valence-corrected chi connectivity index (χ0v) is 23.3. The summed E-state index contributed by atoms with van der Waals surface area (Å²) in [4.78, 5) is 39.8. The summed E-state index contributed by atoms with van der Waals surface area (Å²) in [5, 5.41) is 8.14. The Morgan fingerprint density at radius 3 is 2.68 bits per heavy atom. The number of esters is 1. The number of aromatic nitrogens is 3. The highest BCUT2D eigenvalue weighted by Gasteiger charge is 2.33. The summed E-state index contributed by atoms with van der Waals surface area (Å²) in [6, 6.07) is 5.80. The number of halogens is 1. The summed E-state index contributed by atoms with van der Waals surface area (Å²) in [6.45, 7) is 9.82. The molecule has 200 valence electrons. The first-order valence-electron chi connectivity index (χ1n) is 13.0. The van der Waals surface area contributed by atoms with Crippen LogP contribution >= 0.6 is 22.9 Å². The monoisotopic (exact) mass is 546 g/mol. The molecule has 0 unspecified atom stereocenters. The fraction of sp³-hybridized carbons (Fsp3) is 0.538. The molecule has 0 bridgehead atoms. The molecule has 1 amide bonds. The smallest absolute Gasteiger partial charge is 0.339 e. The molecule has 0 spiro atoms. The quantitative estimate of drug-likeness (QED) is 0.319. The van der Waals surface area contributed by atoms with Gasteiger partial charge >= 0.3 is 5.97 Å². The number of imidazole rings is 1. The van der Waals surface area contributed by atoms with Crippen molar-refractivity contribution in [3.63, 3.8) is 0 Å². The minimum absolute atomic E-state index is 0.00946. The Bertz CT molecular complexity index is 1240. The van der Waals surface area contributed by atoms with Gasteiger partial charge in [0.2, 0.25) is 0 Å². The lowest BCUT2D eigenvalue weighted by molar-refractivity contribution is 0.0528. The number of benzene rings is 1. The molecule has 37 heavy (non-hydrogen) atoms. The number of H-pyrrole nitrogens is 1. The van der Waals surface area contributed by atoms with Crippen LogP contribution < -0.4 is 15.5 Å². The Morgan fingerprint density at radius 2 is 2.00 bits per heavy atom. The van der Waals surface area contributed by atoms with Gasteiger partial charge in [0.1, 0.15) is 0 Å². The van der Waals surface area contributed by atoms with Gasteiger partial charge in [-0.25, -0.2) is 14.8 Å². The number of carbonyl (C=O) groups excluding carboxylic acids is 2. The predicted molar refractivity (Wildman–Crippen MR) is 148 cm³/mol. The number of nitrogens with zero attached hydrogens (tertiary/aromatic N) is 3. The molecule has 2 atom stereocenters. The Hall–Kier alpha value is -2.69. The van der Waals surface area contributed by atoms with E-state index in [0.29, 0.717) is 36.3 Å². The fourth-order valence-electron chi connectivity index (χ4n) is 4.70. The van der Waals surface area contributed by atoms with Gasteiger partial charge < -0.3 is 25.3 Å². The summed E-state index contributed by atoms with van der Waals surface area (Å²) in [5.74, 6) is -0.346. The molecule has 3 N–H and O–H groups in total. The zero-order valence-electron chi connectivity index (χ0n) is 21.8. The second-order valence-electron chi connectivity index (χ2n) is 9.18. The number of fused-ring (bicyclic) bond motifs is 1. The lowest BCUT2D eigenvalue weighted by atomic mass is 9.97. The third kappa shape index (κ3) is 6.08. The number of piperidine rings is 1. The van der Waals surface area contributed by atoms with Gasteiger partial charge in [0.05, 0.1) is 28.1 Å². The van der Waals surface area contributed by atoms with Gasteiger partial charge in [0, 0.05) is 31.2 Å². The molecular formula is C26H35ClN6O3S. The number of hydrogen-bond donors (Lipinski definition) is 3. The fourth-order valence-corrected chi connectivity index (χ4v) is 6.07. The molecule has 0 radical (unpaired) electrons. The van der Waals surface area contributed by atoms with Crippen molar-refractivity contribution in [2.24, 2.45) is 0 Å². The van der Waals surface area contributed by atoms with Crippen LogP contribution in [0.4, 0.5) is 5.13 Å². The molecule has 11 heteroatoms. The van der Waals surface area contributed by atoms with E-state index in [1.54, 1.807) is 13.0 Å². The van der Waals surface area contributed by atoms with Crippen LogP contribution in [-0.4, -0.2) is 64.7 Å². The lowest BCUT2D eigenvalue weighted by Gasteiger charge is -2.40. The van der Waals surface area contributed by atoms with Crippen LogP contribution in [0.1, 0.15) is 73.6 Å². The van der Waals surface area contributed by atoms with Crippen molar-refractivity contribution in [1.82, 2.24) is 25.6 Å². The van der Waals surface area contributed by atoms with Crippen molar-refractivity contribution in [2.75, 3.05) is 24.6 Å². The van der Waals surface area contributed by atoms with E-state index in [0.717, 1.165) is 46.8 Å². The van der Waals surface area contributed by atoms with E-state index in [4.69, 9.17) is 21.3 Å². The van der Waals surface area contributed by atoms with Gasteiger partial charge in [-0.05, 0) is 44.7 Å². The molecule has 0 saturated carbocycles. The normalized spacial score (nSPS) is 17.9. The number of hydrogen-bond acceptors (Lipinski definition) is 8. The largest absolute Gasteiger partial charge is 0.462 e. The third-order valence-corrected chi connectivity index (χ3v) is 8.31. The summed E-state index contributed by atoms with van der Waals surface area (Å²) in [7, 11) is 0.